The van der Waals surface area contributed by atoms with E-state index in [1.54, 1.807) is 6.33 Å². The highest BCUT2D eigenvalue weighted by Crippen LogP contribution is 2.26. The lowest BCUT2D eigenvalue weighted by Gasteiger charge is -2.38. The maximum absolute atomic E-state index is 11.3. The van der Waals surface area contributed by atoms with Gasteiger partial charge in [-0.05, 0) is 32.2 Å². The first-order valence-electron chi connectivity index (χ1n) is 7.69. The van der Waals surface area contributed by atoms with Crippen LogP contribution in [0, 0.1) is 0 Å². The highest BCUT2D eigenvalue weighted by atomic mass is 16.4. The number of nitrogens with zero attached hydrogens (tertiary/aromatic N) is 5. The molecule has 2 fully saturated rings. The molecule has 0 saturated carbocycles. The molecule has 1 N–H and O–H groups in total. The summed E-state index contributed by atoms with van der Waals surface area (Å²) in [7, 11) is 1.91. The van der Waals surface area contributed by atoms with E-state index < -0.39 is 5.97 Å². The molecule has 1 aromatic heterocycles. The second-order valence-corrected chi connectivity index (χ2v) is 6.04. The number of aryl methyl sites for hydroxylation is 1. The van der Waals surface area contributed by atoms with Crippen LogP contribution in [0.5, 0.6) is 0 Å². The van der Waals surface area contributed by atoms with E-state index in [2.05, 4.69) is 19.9 Å². The molecule has 7 nitrogen and oxygen atoms in total. The summed E-state index contributed by atoms with van der Waals surface area (Å²) in [6, 6.07) is 0.157. The van der Waals surface area contributed by atoms with Gasteiger partial charge in [0.15, 0.2) is 0 Å². The van der Waals surface area contributed by atoms with E-state index in [1.165, 1.54) is 0 Å². The summed E-state index contributed by atoms with van der Waals surface area (Å²) in [5.41, 5.74) is 0. The molecule has 7 heteroatoms. The molecule has 0 aromatic carbocycles. The largest absolute Gasteiger partial charge is 0.480 e. The fourth-order valence-corrected chi connectivity index (χ4v) is 3.56. The summed E-state index contributed by atoms with van der Waals surface area (Å²) in [4.78, 5) is 20.2. The smallest absolute Gasteiger partial charge is 0.320 e. The summed E-state index contributed by atoms with van der Waals surface area (Å²) in [6.45, 7) is 3.76. The predicted molar refractivity (Wildman–Crippen MR) is 76.7 cm³/mol. The molecule has 1 atom stereocenters. The van der Waals surface area contributed by atoms with Crippen molar-refractivity contribution in [3.63, 3.8) is 0 Å². The SMILES string of the molecule is Cn1ncnc1CN1CCC(N2CCCC2C(=O)O)CC1. The Bertz CT molecular complexity index is 495. The molecule has 3 heterocycles. The van der Waals surface area contributed by atoms with Gasteiger partial charge in [-0.1, -0.05) is 0 Å². The average molecular weight is 293 g/mol. The van der Waals surface area contributed by atoms with E-state index in [-0.39, 0.29) is 6.04 Å². The zero-order valence-corrected chi connectivity index (χ0v) is 12.5. The lowest BCUT2D eigenvalue weighted by atomic mass is 10.0. The quantitative estimate of drug-likeness (QED) is 0.862. The van der Waals surface area contributed by atoms with Gasteiger partial charge in [0.1, 0.15) is 18.2 Å². The number of hydrogen-bond donors (Lipinski definition) is 1. The molecular formula is C14H23N5O2. The Labute approximate surface area is 124 Å². The molecule has 3 rings (SSSR count). The van der Waals surface area contributed by atoms with Crippen molar-refractivity contribution in [2.24, 2.45) is 7.05 Å². The predicted octanol–water partition coefficient (Wildman–Crippen LogP) is 0.329. The van der Waals surface area contributed by atoms with Gasteiger partial charge in [-0.2, -0.15) is 5.10 Å². The fraction of sp³-hybridized carbons (Fsp3) is 0.786. The van der Waals surface area contributed by atoms with Crippen molar-refractivity contribution in [1.82, 2.24) is 24.6 Å². The van der Waals surface area contributed by atoms with Crippen molar-refractivity contribution >= 4 is 5.97 Å². The molecule has 0 radical (unpaired) electrons. The van der Waals surface area contributed by atoms with Crippen LogP contribution in [0.25, 0.3) is 0 Å². The van der Waals surface area contributed by atoms with Crippen molar-refractivity contribution in [2.75, 3.05) is 19.6 Å². The lowest BCUT2D eigenvalue weighted by molar-refractivity contribution is -0.143. The Hall–Kier alpha value is -1.47. The summed E-state index contributed by atoms with van der Waals surface area (Å²) in [5, 5.41) is 13.4. The minimum atomic E-state index is -0.658. The van der Waals surface area contributed by atoms with Gasteiger partial charge < -0.3 is 5.11 Å². The molecule has 1 unspecified atom stereocenters. The van der Waals surface area contributed by atoms with Crippen LogP contribution in [0.1, 0.15) is 31.5 Å². The van der Waals surface area contributed by atoms with Crippen LogP contribution in [-0.4, -0.2) is 67.4 Å². The van der Waals surface area contributed by atoms with E-state index in [9.17, 15) is 9.90 Å². The molecule has 21 heavy (non-hydrogen) atoms. The molecule has 0 amide bonds. The molecule has 0 bridgehead atoms. The van der Waals surface area contributed by atoms with Gasteiger partial charge in [-0.15, -0.1) is 0 Å². The van der Waals surface area contributed by atoms with Gasteiger partial charge in [0.2, 0.25) is 0 Å². The Balaban J connectivity index is 1.53. The molecule has 1 aromatic rings. The van der Waals surface area contributed by atoms with Crippen LogP contribution in [0.2, 0.25) is 0 Å². The fourth-order valence-electron chi connectivity index (χ4n) is 3.56. The lowest BCUT2D eigenvalue weighted by Crippen LogP contribution is -2.48. The molecular weight excluding hydrogens is 270 g/mol. The average Bonchev–Trinajstić information content (AvgIpc) is 3.10. The van der Waals surface area contributed by atoms with Crippen LogP contribution in [0.15, 0.2) is 6.33 Å². The van der Waals surface area contributed by atoms with E-state index in [4.69, 9.17) is 0 Å². The molecule has 0 spiro atoms. The van der Waals surface area contributed by atoms with Crippen LogP contribution in [0.4, 0.5) is 0 Å². The zero-order valence-electron chi connectivity index (χ0n) is 12.5. The number of aliphatic carboxylic acids is 1. The van der Waals surface area contributed by atoms with Crippen LogP contribution >= 0.6 is 0 Å². The minimum absolute atomic E-state index is 0.264. The highest BCUT2D eigenvalue weighted by Gasteiger charge is 2.36. The normalized spacial score (nSPS) is 25.5. The van der Waals surface area contributed by atoms with Crippen molar-refractivity contribution in [2.45, 2.75) is 44.3 Å². The third-order valence-corrected chi connectivity index (χ3v) is 4.78. The summed E-state index contributed by atoms with van der Waals surface area (Å²) in [5.74, 6) is 0.326. The summed E-state index contributed by atoms with van der Waals surface area (Å²) in [6.07, 6.45) is 5.48. The number of carboxylic acid groups (broad SMARTS) is 1. The Morgan fingerprint density at radius 3 is 2.71 bits per heavy atom. The number of carbonyl (C=O) groups is 1. The number of hydrogen-bond acceptors (Lipinski definition) is 5. The number of rotatable bonds is 4. The second-order valence-electron chi connectivity index (χ2n) is 6.04. The maximum atomic E-state index is 11.3. The zero-order chi connectivity index (χ0) is 14.8. The number of likely N-dealkylation sites (tertiary alicyclic amines) is 2. The van der Waals surface area contributed by atoms with Gasteiger partial charge >= 0.3 is 5.97 Å². The van der Waals surface area contributed by atoms with Crippen molar-refractivity contribution in [3.8, 4) is 0 Å². The Morgan fingerprint density at radius 2 is 2.10 bits per heavy atom. The van der Waals surface area contributed by atoms with Crippen molar-refractivity contribution in [1.29, 1.82) is 0 Å². The number of aromatic nitrogens is 3. The Kier molecular flexibility index (Phi) is 4.21. The minimum Gasteiger partial charge on any atom is -0.480 e. The highest BCUT2D eigenvalue weighted by molar-refractivity contribution is 5.73. The van der Waals surface area contributed by atoms with Crippen LogP contribution in [-0.2, 0) is 18.4 Å². The van der Waals surface area contributed by atoms with Gasteiger partial charge in [-0.25, -0.2) is 4.98 Å². The third-order valence-electron chi connectivity index (χ3n) is 4.78. The second kappa shape index (κ2) is 6.11. The van der Waals surface area contributed by atoms with E-state index in [0.717, 1.165) is 57.7 Å². The first kappa shape index (κ1) is 14.5. The first-order valence-corrected chi connectivity index (χ1v) is 7.69. The summed E-state index contributed by atoms with van der Waals surface area (Å²) >= 11 is 0. The number of carboxylic acids is 1. The standard InChI is InChI=1S/C14H23N5O2/c1-17-13(15-10-16-17)9-18-7-4-11(5-8-18)19-6-2-3-12(19)14(20)21/h10-12H,2-9H2,1H3,(H,20,21). The molecule has 116 valence electrons. The molecule has 0 aliphatic carbocycles. The van der Waals surface area contributed by atoms with E-state index in [0.29, 0.717) is 6.04 Å². The van der Waals surface area contributed by atoms with Gasteiger partial charge in [0, 0.05) is 26.2 Å². The van der Waals surface area contributed by atoms with Crippen LogP contribution < -0.4 is 0 Å². The van der Waals surface area contributed by atoms with Crippen LogP contribution in [0.3, 0.4) is 0 Å². The number of piperidine rings is 1. The maximum Gasteiger partial charge on any atom is 0.320 e. The molecule has 2 aliphatic heterocycles. The first-order chi connectivity index (χ1) is 10.1. The summed E-state index contributed by atoms with van der Waals surface area (Å²) < 4.78 is 1.81. The van der Waals surface area contributed by atoms with Gasteiger partial charge in [0.05, 0.1) is 6.54 Å². The van der Waals surface area contributed by atoms with Gasteiger partial charge in [-0.3, -0.25) is 19.3 Å². The van der Waals surface area contributed by atoms with Crippen molar-refractivity contribution in [3.05, 3.63) is 12.2 Å². The Morgan fingerprint density at radius 1 is 1.33 bits per heavy atom. The third kappa shape index (κ3) is 3.08. The molecule has 2 saturated heterocycles. The van der Waals surface area contributed by atoms with Crippen molar-refractivity contribution < 1.29 is 9.90 Å². The van der Waals surface area contributed by atoms with E-state index in [1.807, 2.05) is 11.7 Å². The van der Waals surface area contributed by atoms with Gasteiger partial charge in [0.25, 0.3) is 0 Å². The molecule has 2 aliphatic rings. The monoisotopic (exact) mass is 293 g/mol. The van der Waals surface area contributed by atoms with E-state index >= 15 is 0 Å². The topological polar surface area (TPSA) is 74.5 Å².